The third kappa shape index (κ3) is 2.54. The number of amides is 1. The van der Waals surface area contributed by atoms with Crippen LogP contribution in [0.2, 0.25) is 5.02 Å². The van der Waals surface area contributed by atoms with Gasteiger partial charge in [-0.1, -0.05) is 22.9 Å². The van der Waals surface area contributed by atoms with E-state index in [1.165, 1.54) is 29.9 Å². The normalized spacial score (nSPS) is 10.6. The summed E-state index contributed by atoms with van der Waals surface area (Å²) < 4.78 is 0.918. The van der Waals surface area contributed by atoms with Crippen molar-refractivity contribution in [3.63, 3.8) is 0 Å². The van der Waals surface area contributed by atoms with Gasteiger partial charge in [-0.2, -0.15) is 0 Å². The largest absolute Gasteiger partial charge is 0.296 e. The Labute approximate surface area is 117 Å². The Hall–Kier alpha value is -2.05. The lowest BCUT2D eigenvalue weighted by molar-refractivity contribution is 0.102. The fraction of sp³-hybridized carbons (Fsp3) is 0. The van der Waals surface area contributed by atoms with Gasteiger partial charge in [-0.25, -0.2) is 9.97 Å². The first-order valence-corrected chi connectivity index (χ1v) is 6.55. The van der Waals surface area contributed by atoms with Crippen molar-refractivity contribution < 1.29 is 4.79 Å². The number of aromatic nitrogens is 3. The number of hydrogen-bond donors (Lipinski definition) is 1. The second-order valence-corrected chi connectivity index (χ2v) is 5.14. The van der Waals surface area contributed by atoms with E-state index < -0.39 is 0 Å². The van der Waals surface area contributed by atoms with Gasteiger partial charge >= 0.3 is 0 Å². The van der Waals surface area contributed by atoms with E-state index in [-0.39, 0.29) is 11.6 Å². The number of rotatable bonds is 2. The predicted molar refractivity (Wildman–Crippen MR) is 74.6 cm³/mol. The molecule has 0 radical (unpaired) electrons. The number of carbonyl (C=O) groups excluding carboxylic acids is 1. The fourth-order valence-corrected chi connectivity index (χ4v) is 2.67. The lowest BCUT2D eigenvalue weighted by Gasteiger charge is -1.98. The van der Waals surface area contributed by atoms with Crippen molar-refractivity contribution in [3.05, 3.63) is 47.5 Å². The van der Waals surface area contributed by atoms with Crippen LogP contribution in [0.15, 0.2) is 36.8 Å². The van der Waals surface area contributed by atoms with E-state index in [9.17, 15) is 4.79 Å². The molecule has 19 heavy (non-hydrogen) atoms. The second-order valence-electron chi connectivity index (χ2n) is 3.68. The third-order valence-electron chi connectivity index (χ3n) is 2.37. The average Bonchev–Trinajstić information content (AvgIpc) is 2.81. The maximum absolute atomic E-state index is 11.9. The van der Waals surface area contributed by atoms with E-state index in [4.69, 9.17) is 11.6 Å². The molecule has 2 aromatic heterocycles. The summed E-state index contributed by atoms with van der Waals surface area (Å²) in [4.78, 5) is 24.0. The number of anilines is 1. The molecule has 1 amide bonds. The Morgan fingerprint density at radius 3 is 3.00 bits per heavy atom. The minimum atomic E-state index is -0.335. The molecule has 0 aliphatic carbocycles. The van der Waals surface area contributed by atoms with Crippen LogP contribution in [0.1, 0.15) is 10.5 Å². The van der Waals surface area contributed by atoms with Crippen LogP contribution in [0.4, 0.5) is 5.13 Å². The van der Waals surface area contributed by atoms with Gasteiger partial charge in [0.2, 0.25) is 0 Å². The van der Waals surface area contributed by atoms with Crippen molar-refractivity contribution in [1.29, 1.82) is 0 Å². The highest BCUT2D eigenvalue weighted by Crippen LogP contribution is 2.28. The highest BCUT2D eigenvalue weighted by molar-refractivity contribution is 7.22. The molecule has 0 aliphatic rings. The van der Waals surface area contributed by atoms with Gasteiger partial charge in [-0.05, 0) is 18.2 Å². The molecule has 3 aromatic rings. The quantitative estimate of drug-likeness (QED) is 0.788. The SMILES string of the molecule is O=C(Nc1nc2ccc(Cl)cc2s1)c1cnccn1. The third-order valence-corrected chi connectivity index (χ3v) is 3.54. The van der Waals surface area contributed by atoms with Crippen LogP contribution in [0.5, 0.6) is 0 Å². The highest BCUT2D eigenvalue weighted by Gasteiger charge is 2.11. The number of halogens is 1. The molecule has 94 valence electrons. The zero-order valence-corrected chi connectivity index (χ0v) is 11.1. The molecular weight excluding hydrogens is 284 g/mol. The topological polar surface area (TPSA) is 67.8 Å². The number of carbonyl (C=O) groups is 1. The molecule has 2 heterocycles. The number of benzene rings is 1. The van der Waals surface area contributed by atoms with Gasteiger partial charge in [-0.15, -0.1) is 0 Å². The Morgan fingerprint density at radius 1 is 1.32 bits per heavy atom. The first-order chi connectivity index (χ1) is 9.22. The fourth-order valence-electron chi connectivity index (χ4n) is 1.53. The maximum Gasteiger partial charge on any atom is 0.277 e. The monoisotopic (exact) mass is 290 g/mol. The minimum Gasteiger partial charge on any atom is -0.296 e. The molecule has 1 aromatic carbocycles. The second kappa shape index (κ2) is 4.91. The van der Waals surface area contributed by atoms with E-state index in [0.29, 0.717) is 10.2 Å². The summed E-state index contributed by atoms with van der Waals surface area (Å²) in [6, 6.07) is 5.39. The number of nitrogens with zero attached hydrogens (tertiary/aromatic N) is 3. The van der Waals surface area contributed by atoms with Crippen molar-refractivity contribution in [3.8, 4) is 0 Å². The van der Waals surface area contributed by atoms with Crippen molar-refractivity contribution in [2.45, 2.75) is 0 Å². The van der Waals surface area contributed by atoms with Crippen LogP contribution in [-0.4, -0.2) is 20.9 Å². The molecule has 3 rings (SSSR count). The summed E-state index contributed by atoms with van der Waals surface area (Å²) in [6.45, 7) is 0. The molecule has 1 N–H and O–H groups in total. The zero-order chi connectivity index (χ0) is 13.2. The molecule has 0 unspecified atom stereocenters. The molecule has 7 heteroatoms. The Balaban J connectivity index is 1.87. The van der Waals surface area contributed by atoms with Gasteiger partial charge in [0, 0.05) is 17.4 Å². The summed E-state index contributed by atoms with van der Waals surface area (Å²) in [5, 5.41) is 3.84. The molecular formula is C12H7ClN4OS. The Morgan fingerprint density at radius 2 is 2.21 bits per heavy atom. The molecule has 0 aliphatic heterocycles. The van der Waals surface area contributed by atoms with Gasteiger partial charge in [0.05, 0.1) is 16.4 Å². The van der Waals surface area contributed by atoms with Gasteiger partial charge < -0.3 is 0 Å². The van der Waals surface area contributed by atoms with Crippen LogP contribution in [0, 0.1) is 0 Å². The summed E-state index contributed by atoms with van der Waals surface area (Å²) >= 11 is 7.26. The van der Waals surface area contributed by atoms with E-state index in [1.54, 1.807) is 6.07 Å². The summed E-state index contributed by atoms with van der Waals surface area (Å²) in [6.07, 6.45) is 4.38. The van der Waals surface area contributed by atoms with E-state index in [0.717, 1.165) is 10.2 Å². The van der Waals surface area contributed by atoms with Gasteiger partial charge in [0.25, 0.3) is 5.91 Å². The number of nitrogens with one attached hydrogen (secondary N) is 1. The molecule has 0 saturated heterocycles. The van der Waals surface area contributed by atoms with Crippen LogP contribution in [0.25, 0.3) is 10.2 Å². The van der Waals surface area contributed by atoms with E-state index in [1.807, 2.05) is 12.1 Å². The smallest absolute Gasteiger partial charge is 0.277 e. The lowest BCUT2D eigenvalue weighted by atomic mass is 10.3. The first kappa shape index (κ1) is 12.0. The lowest BCUT2D eigenvalue weighted by Crippen LogP contribution is -2.13. The Kier molecular flexibility index (Phi) is 3.10. The number of hydrogen-bond acceptors (Lipinski definition) is 5. The van der Waals surface area contributed by atoms with Crippen molar-refractivity contribution in [1.82, 2.24) is 15.0 Å². The van der Waals surface area contributed by atoms with Gasteiger partial charge in [0.15, 0.2) is 5.13 Å². The van der Waals surface area contributed by atoms with E-state index in [2.05, 4.69) is 20.3 Å². The average molecular weight is 291 g/mol. The molecule has 0 fully saturated rings. The minimum absolute atomic E-state index is 0.250. The van der Waals surface area contributed by atoms with Crippen LogP contribution in [-0.2, 0) is 0 Å². The molecule has 0 saturated carbocycles. The number of fused-ring (bicyclic) bond motifs is 1. The van der Waals surface area contributed by atoms with E-state index >= 15 is 0 Å². The molecule has 0 spiro atoms. The highest BCUT2D eigenvalue weighted by atomic mass is 35.5. The molecule has 0 bridgehead atoms. The summed E-state index contributed by atoms with van der Waals surface area (Å²) in [5.74, 6) is -0.335. The Bertz CT molecular complexity index is 744. The van der Waals surface area contributed by atoms with Crippen LogP contribution < -0.4 is 5.32 Å². The van der Waals surface area contributed by atoms with Crippen molar-refractivity contribution in [2.75, 3.05) is 5.32 Å². The molecule has 0 atom stereocenters. The maximum atomic E-state index is 11.9. The van der Waals surface area contributed by atoms with Crippen LogP contribution >= 0.6 is 22.9 Å². The van der Waals surface area contributed by atoms with Crippen molar-refractivity contribution >= 4 is 44.2 Å². The first-order valence-electron chi connectivity index (χ1n) is 5.36. The molecule has 5 nitrogen and oxygen atoms in total. The number of thiazole rings is 1. The standard InChI is InChI=1S/C12H7ClN4OS/c13-7-1-2-8-10(5-7)19-12(16-8)17-11(18)9-6-14-3-4-15-9/h1-6H,(H,16,17,18). The summed E-state index contributed by atoms with van der Waals surface area (Å²) in [7, 11) is 0. The van der Waals surface area contributed by atoms with Gasteiger partial charge in [0.1, 0.15) is 5.69 Å². The van der Waals surface area contributed by atoms with Crippen LogP contribution in [0.3, 0.4) is 0 Å². The summed E-state index contributed by atoms with van der Waals surface area (Å²) in [5.41, 5.74) is 1.05. The van der Waals surface area contributed by atoms with Crippen molar-refractivity contribution in [2.24, 2.45) is 0 Å². The predicted octanol–water partition coefficient (Wildman–Crippen LogP) is 2.99. The zero-order valence-electron chi connectivity index (χ0n) is 9.50. The van der Waals surface area contributed by atoms with Gasteiger partial charge in [-0.3, -0.25) is 15.1 Å².